The van der Waals surface area contributed by atoms with E-state index in [2.05, 4.69) is 0 Å². The van der Waals surface area contributed by atoms with Gasteiger partial charge < -0.3 is 24.1 Å². The smallest absolute Gasteiger partial charge is 0.339 e. The van der Waals surface area contributed by atoms with Crippen LogP contribution in [0.1, 0.15) is 23.7 Å². The number of benzene rings is 1. The van der Waals surface area contributed by atoms with Crippen molar-refractivity contribution < 1.29 is 28.8 Å². The topological polar surface area (TPSA) is 74.2 Å². The Labute approximate surface area is 130 Å². The fraction of sp³-hybridized carbons (Fsp3) is 0.562. The van der Waals surface area contributed by atoms with E-state index in [9.17, 15) is 4.79 Å². The molecule has 1 rings (SSSR count). The number of hydrogen-bond acceptors (Lipinski definition) is 5. The summed E-state index contributed by atoms with van der Waals surface area (Å²) in [6.07, 6.45) is 0.535. The second kappa shape index (κ2) is 11.0. The summed E-state index contributed by atoms with van der Waals surface area (Å²) in [6, 6.07) is 6.58. The highest BCUT2D eigenvalue weighted by Crippen LogP contribution is 2.18. The van der Waals surface area contributed by atoms with E-state index in [1.54, 1.807) is 25.3 Å². The average Bonchev–Trinajstić information content (AvgIpc) is 2.51. The van der Waals surface area contributed by atoms with E-state index in [0.717, 1.165) is 0 Å². The SMILES string of the molecule is CCOC(CCOc1ccccc1C(=O)O)COCCOC. The van der Waals surface area contributed by atoms with Crippen LogP contribution in [-0.4, -0.2) is 57.3 Å². The molecule has 1 aromatic carbocycles. The van der Waals surface area contributed by atoms with Gasteiger partial charge in [0.15, 0.2) is 0 Å². The highest BCUT2D eigenvalue weighted by Gasteiger charge is 2.12. The van der Waals surface area contributed by atoms with E-state index in [-0.39, 0.29) is 11.7 Å². The van der Waals surface area contributed by atoms with Crippen LogP contribution in [0.25, 0.3) is 0 Å². The first kappa shape index (κ1) is 18.4. The molecule has 1 aromatic rings. The Bertz CT molecular complexity index is 434. The van der Waals surface area contributed by atoms with Gasteiger partial charge in [0, 0.05) is 20.1 Å². The molecule has 0 spiro atoms. The third-order valence-electron chi connectivity index (χ3n) is 2.95. The lowest BCUT2D eigenvalue weighted by Crippen LogP contribution is -2.23. The number of hydrogen-bond donors (Lipinski definition) is 1. The second-order valence-electron chi connectivity index (χ2n) is 4.58. The fourth-order valence-corrected chi connectivity index (χ4v) is 1.88. The molecule has 6 heteroatoms. The van der Waals surface area contributed by atoms with Gasteiger partial charge in [-0.05, 0) is 19.1 Å². The molecule has 0 saturated carbocycles. The Balaban J connectivity index is 2.40. The van der Waals surface area contributed by atoms with Gasteiger partial charge in [-0.2, -0.15) is 0 Å². The minimum atomic E-state index is -1.00. The molecule has 0 aliphatic carbocycles. The lowest BCUT2D eigenvalue weighted by Gasteiger charge is -2.18. The average molecular weight is 312 g/mol. The molecule has 22 heavy (non-hydrogen) atoms. The third kappa shape index (κ3) is 6.89. The van der Waals surface area contributed by atoms with Crippen LogP contribution in [0.3, 0.4) is 0 Å². The molecule has 124 valence electrons. The van der Waals surface area contributed by atoms with Crippen LogP contribution in [0, 0.1) is 0 Å². The first-order valence-electron chi connectivity index (χ1n) is 7.32. The van der Waals surface area contributed by atoms with Crippen LogP contribution in [0.5, 0.6) is 5.75 Å². The van der Waals surface area contributed by atoms with Gasteiger partial charge in [-0.1, -0.05) is 12.1 Å². The summed E-state index contributed by atoms with van der Waals surface area (Å²) in [4.78, 5) is 11.1. The van der Waals surface area contributed by atoms with Crippen LogP contribution < -0.4 is 4.74 Å². The molecular weight excluding hydrogens is 288 g/mol. The number of rotatable bonds is 12. The summed E-state index contributed by atoms with van der Waals surface area (Å²) in [5, 5.41) is 9.09. The Morgan fingerprint density at radius 3 is 2.68 bits per heavy atom. The van der Waals surface area contributed by atoms with E-state index in [4.69, 9.17) is 24.1 Å². The summed E-state index contributed by atoms with van der Waals surface area (Å²) >= 11 is 0. The Kier molecular flexibility index (Phi) is 9.21. The maximum atomic E-state index is 11.1. The molecule has 0 aliphatic heterocycles. The van der Waals surface area contributed by atoms with Crippen LogP contribution in [0.15, 0.2) is 24.3 Å². The largest absolute Gasteiger partial charge is 0.493 e. The van der Waals surface area contributed by atoms with Crippen molar-refractivity contribution in [3.8, 4) is 5.75 Å². The zero-order chi connectivity index (χ0) is 16.2. The zero-order valence-corrected chi connectivity index (χ0v) is 13.1. The number of aromatic carboxylic acids is 1. The zero-order valence-electron chi connectivity index (χ0n) is 13.1. The predicted molar refractivity (Wildman–Crippen MR) is 81.6 cm³/mol. The first-order chi connectivity index (χ1) is 10.7. The van der Waals surface area contributed by atoms with E-state index < -0.39 is 5.97 Å². The molecule has 1 N–H and O–H groups in total. The minimum Gasteiger partial charge on any atom is -0.493 e. The molecule has 0 aromatic heterocycles. The van der Waals surface area contributed by atoms with Crippen LogP contribution in [-0.2, 0) is 14.2 Å². The van der Waals surface area contributed by atoms with Crippen molar-refractivity contribution in [2.75, 3.05) is 40.1 Å². The van der Waals surface area contributed by atoms with Gasteiger partial charge >= 0.3 is 5.97 Å². The Morgan fingerprint density at radius 1 is 1.23 bits per heavy atom. The molecular formula is C16H24O6. The van der Waals surface area contributed by atoms with Crippen molar-refractivity contribution in [1.82, 2.24) is 0 Å². The Hall–Kier alpha value is -1.63. The van der Waals surface area contributed by atoms with Crippen molar-refractivity contribution >= 4 is 5.97 Å². The minimum absolute atomic E-state index is 0.0844. The van der Waals surface area contributed by atoms with Crippen LogP contribution in [0.4, 0.5) is 0 Å². The molecule has 0 radical (unpaired) electrons. The van der Waals surface area contributed by atoms with Crippen molar-refractivity contribution in [3.05, 3.63) is 29.8 Å². The van der Waals surface area contributed by atoms with Gasteiger partial charge in [0.2, 0.25) is 0 Å². The van der Waals surface area contributed by atoms with Crippen molar-refractivity contribution in [1.29, 1.82) is 0 Å². The number of ether oxygens (including phenoxy) is 4. The molecule has 0 amide bonds. The standard InChI is InChI=1S/C16H24O6/c1-3-21-13(12-20-11-10-19-2)8-9-22-15-7-5-4-6-14(15)16(17)18/h4-7,13H,3,8-12H2,1-2H3,(H,17,18). The van der Waals surface area contributed by atoms with Crippen molar-refractivity contribution in [2.45, 2.75) is 19.4 Å². The molecule has 6 nitrogen and oxygen atoms in total. The monoisotopic (exact) mass is 312 g/mol. The van der Waals surface area contributed by atoms with Crippen LogP contribution in [0.2, 0.25) is 0 Å². The lowest BCUT2D eigenvalue weighted by atomic mass is 10.2. The molecule has 0 bridgehead atoms. The summed E-state index contributed by atoms with van der Waals surface area (Å²) in [5.41, 5.74) is 0.159. The van der Waals surface area contributed by atoms with E-state index >= 15 is 0 Å². The molecule has 1 unspecified atom stereocenters. The van der Waals surface area contributed by atoms with Gasteiger partial charge in [-0.15, -0.1) is 0 Å². The molecule has 0 aliphatic rings. The fourth-order valence-electron chi connectivity index (χ4n) is 1.88. The van der Waals surface area contributed by atoms with Gasteiger partial charge in [0.1, 0.15) is 11.3 Å². The quantitative estimate of drug-likeness (QED) is 0.597. The number of carboxylic acid groups (broad SMARTS) is 1. The number of carboxylic acids is 1. The van der Waals surface area contributed by atoms with Gasteiger partial charge in [-0.3, -0.25) is 0 Å². The van der Waals surface area contributed by atoms with Crippen molar-refractivity contribution in [3.63, 3.8) is 0 Å². The number of methoxy groups -OCH3 is 1. The van der Waals surface area contributed by atoms with Gasteiger partial charge in [0.05, 0.1) is 32.5 Å². The molecule has 0 fully saturated rings. The summed E-state index contributed by atoms with van der Waals surface area (Å²) in [5.74, 6) is -0.634. The number of carbonyl (C=O) groups is 1. The van der Waals surface area contributed by atoms with E-state index in [1.807, 2.05) is 6.92 Å². The highest BCUT2D eigenvalue weighted by atomic mass is 16.5. The van der Waals surface area contributed by atoms with Crippen LogP contribution >= 0.6 is 0 Å². The first-order valence-corrected chi connectivity index (χ1v) is 7.32. The van der Waals surface area contributed by atoms with Crippen molar-refractivity contribution in [2.24, 2.45) is 0 Å². The summed E-state index contributed by atoms with van der Waals surface area (Å²) in [6.45, 7) is 4.39. The molecule has 0 heterocycles. The maximum Gasteiger partial charge on any atom is 0.339 e. The van der Waals surface area contributed by atoms with E-state index in [0.29, 0.717) is 45.2 Å². The maximum absolute atomic E-state index is 11.1. The highest BCUT2D eigenvalue weighted by molar-refractivity contribution is 5.90. The normalized spacial score (nSPS) is 12.1. The van der Waals surface area contributed by atoms with E-state index in [1.165, 1.54) is 6.07 Å². The molecule has 0 saturated heterocycles. The predicted octanol–water partition coefficient (Wildman–Crippen LogP) is 2.22. The lowest BCUT2D eigenvalue weighted by molar-refractivity contribution is -0.0308. The third-order valence-corrected chi connectivity index (χ3v) is 2.95. The number of para-hydroxylation sites is 1. The van der Waals surface area contributed by atoms with Gasteiger partial charge in [-0.25, -0.2) is 4.79 Å². The summed E-state index contributed by atoms with van der Waals surface area (Å²) < 4.78 is 21.5. The second-order valence-corrected chi connectivity index (χ2v) is 4.58. The van der Waals surface area contributed by atoms with Gasteiger partial charge in [0.25, 0.3) is 0 Å². The summed E-state index contributed by atoms with van der Waals surface area (Å²) in [7, 11) is 1.62. The molecule has 1 atom stereocenters. The Morgan fingerprint density at radius 2 is 2.00 bits per heavy atom.